The van der Waals surface area contributed by atoms with Gasteiger partial charge in [0, 0.05) is 114 Å². The van der Waals surface area contributed by atoms with Crippen LogP contribution in [-0.4, -0.2) is 125 Å². The van der Waals surface area contributed by atoms with Crippen LogP contribution >= 0.6 is 0 Å². The van der Waals surface area contributed by atoms with Gasteiger partial charge in [0.15, 0.2) is 17.0 Å². The first kappa shape index (κ1) is 38.5. The molecule has 1 aromatic carbocycles. The van der Waals surface area contributed by atoms with E-state index in [1.165, 1.54) is 6.33 Å². The van der Waals surface area contributed by atoms with Crippen LogP contribution < -0.4 is 27.0 Å². The molecule has 0 spiro atoms. The molecule has 0 saturated carbocycles. The average Bonchev–Trinajstić information content (AvgIpc) is 3.83. The molecule has 8 rings (SSSR count). The second-order valence-corrected chi connectivity index (χ2v) is 14.7. The molecule has 2 saturated heterocycles. The van der Waals surface area contributed by atoms with Crippen LogP contribution in [-0.2, 0) is 17.9 Å². The number of ketones is 1. The number of anilines is 4. The molecule has 58 heavy (non-hydrogen) atoms. The number of nitrogen functional groups attached to an aromatic ring is 2. The van der Waals surface area contributed by atoms with Crippen molar-refractivity contribution >= 4 is 57.6 Å². The Morgan fingerprint density at radius 3 is 2.17 bits per heavy atom. The largest absolute Gasteiger partial charge is 0.424 e. The zero-order valence-electron chi connectivity index (χ0n) is 32.4. The maximum Gasteiger partial charge on any atom is 0.292 e. The number of carbonyl (C=O) groups is 2. The number of hydrogen-bond donors (Lipinski definition) is 3. The fraction of sp³-hybridized carbons (Fsp3) is 0.436. The molecule has 5 aromatic heterocycles. The predicted molar refractivity (Wildman–Crippen MR) is 219 cm³/mol. The van der Waals surface area contributed by atoms with E-state index in [4.69, 9.17) is 26.7 Å². The number of aryl methyl sites for hydroxylation is 1. The smallest absolute Gasteiger partial charge is 0.292 e. The van der Waals surface area contributed by atoms with Crippen molar-refractivity contribution in [2.45, 2.75) is 51.6 Å². The fourth-order valence-electron chi connectivity index (χ4n) is 7.53. The summed E-state index contributed by atoms with van der Waals surface area (Å²) in [4.78, 5) is 65.3. The molecule has 0 radical (unpaired) electrons. The van der Waals surface area contributed by atoms with Crippen LogP contribution in [0.4, 0.5) is 23.7 Å². The highest BCUT2D eigenvalue weighted by Crippen LogP contribution is 2.32. The van der Waals surface area contributed by atoms with Crippen LogP contribution in [0.1, 0.15) is 54.4 Å². The Kier molecular flexibility index (Phi) is 11.6. The number of rotatable bonds is 15. The van der Waals surface area contributed by atoms with E-state index in [1.54, 1.807) is 30.9 Å². The van der Waals surface area contributed by atoms with E-state index in [0.717, 1.165) is 82.6 Å². The summed E-state index contributed by atoms with van der Waals surface area (Å²) in [6.45, 7) is 7.97. The molecule has 0 aliphatic carbocycles. The van der Waals surface area contributed by atoms with Gasteiger partial charge in [-0.05, 0) is 44.0 Å². The maximum absolute atomic E-state index is 13.0. The van der Waals surface area contributed by atoms with Crippen LogP contribution in [0.15, 0.2) is 53.7 Å². The number of amides is 1. The van der Waals surface area contributed by atoms with Gasteiger partial charge in [0.25, 0.3) is 6.01 Å². The number of nitrogens with zero attached hydrogens (tertiary/aromatic N) is 13. The second-order valence-electron chi connectivity index (χ2n) is 14.7. The van der Waals surface area contributed by atoms with Crippen LogP contribution in [0.5, 0.6) is 0 Å². The van der Waals surface area contributed by atoms with E-state index >= 15 is 0 Å². The Labute approximate surface area is 334 Å². The molecular formula is C39H48N16O3. The van der Waals surface area contributed by atoms with E-state index in [1.807, 2.05) is 21.7 Å². The SMILES string of the molecule is NCc1cnc(N2CCN(C(=O)CCCN3CCN(c4ncc(C(=O)CCCCCn5nc(-c6ccc7oc(N)nc7c6)c6c(N)ncnc65)cn4)CC3)CC2)nc1. The Morgan fingerprint density at radius 1 is 0.741 bits per heavy atom. The molecular weight excluding hydrogens is 741 g/mol. The van der Waals surface area contributed by atoms with Gasteiger partial charge in [-0.25, -0.2) is 34.6 Å². The lowest BCUT2D eigenvalue weighted by molar-refractivity contribution is -0.131. The van der Waals surface area contributed by atoms with Crippen molar-refractivity contribution in [2.75, 3.05) is 80.2 Å². The molecule has 0 bridgehead atoms. The molecule has 2 aliphatic rings. The van der Waals surface area contributed by atoms with E-state index in [0.29, 0.717) is 90.1 Å². The predicted octanol–water partition coefficient (Wildman–Crippen LogP) is 2.53. The molecule has 1 amide bonds. The van der Waals surface area contributed by atoms with Gasteiger partial charge in [-0.1, -0.05) is 6.42 Å². The molecule has 2 aliphatic heterocycles. The highest BCUT2D eigenvalue weighted by atomic mass is 16.4. The summed E-state index contributed by atoms with van der Waals surface area (Å²) >= 11 is 0. The van der Waals surface area contributed by atoms with Crippen molar-refractivity contribution in [3.63, 3.8) is 0 Å². The minimum Gasteiger partial charge on any atom is -0.424 e. The third kappa shape index (κ3) is 8.64. The molecule has 2 fully saturated rings. The minimum atomic E-state index is 0.0238. The number of nitrogens with two attached hydrogens (primary N) is 3. The highest BCUT2D eigenvalue weighted by molar-refractivity contribution is 5.99. The van der Waals surface area contributed by atoms with Crippen LogP contribution in [0.25, 0.3) is 33.4 Å². The minimum absolute atomic E-state index is 0.0238. The lowest BCUT2D eigenvalue weighted by Crippen LogP contribution is -2.49. The van der Waals surface area contributed by atoms with Crippen LogP contribution in [0, 0.1) is 0 Å². The van der Waals surface area contributed by atoms with Crippen molar-refractivity contribution in [3.05, 3.63) is 60.4 Å². The van der Waals surface area contributed by atoms with Crippen LogP contribution in [0.3, 0.4) is 0 Å². The average molecular weight is 789 g/mol. The number of benzene rings is 1. The quantitative estimate of drug-likeness (QED) is 0.0999. The van der Waals surface area contributed by atoms with Crippen molar-refractivity contribution < 1.29 is 14.0 Å². The monoisotopic (exact) mass is 788 g/mol. The third-order valence-corrected chi connectivity index (χ3v) is 10.8. The van der Waals surface area contributed by atoms with E-state index < -0.39 is 0 Å². The summed E-state index contributed by atoms with van der Waals surface area (Å²) in [5.74, 6) is 1.88. The number of hydrogen-bond acceptors (Lipinski definition) is 17. The summed E-state index contributed by atoms with van der Waals surface area (Å²) in [7, 11) is 0. The van der Waals surface area contributed by atoms with E-state index in [9.17, 15) is 9.59 Å². The van der Waals surface area contributed by atoms with Gasteiger partial charge in [-0.3, -0.25) is 14.5 Å². The zero-order chi connectivity index (χ0) is 40.0. The summed E-state index contributed by atoms with van der Waals surface area (Å²) in [5.41, 5.74) is 22.4. The van der Waals surface area contributed by atoms with Crippen molar-refractivity contribution in [2.24, 2.45) is 5.73 Å². The summed E-state index contributed by atoms with van der Waals surface area (Å²) in [6, 6.07) is 5.64. The molecule has 19 nitrogen and oxygen atoms in total. The van der Waals surface area contributed by atoms with Gasteiger partial charge in [0.1, 0.15) is 23.4 Å². The number of fused-ring (bicyclic) bond motifs is 2. The van der Waals surface area contributed by atoms with Gasteiger partial charge >= 0.3 is 0 Å². The first-order valence-corrected chi connectivity index (χ1v) is 19.8. The number of piperazine rings is 2. The van der Waals surface area contributed by atoms with Gasteiger partial charge in [0.2, 0.25) is 17.8 Å². The lowest BCUT2D eigenvalue weighted by Gasteiger charge is -2.36. The third-order valence-electron chi connectivity index (χ3n) is 10.8. The summed E-state index contributed by atoms with van der Waals surface area (Å²) < 4.78 is 7.25. The maximum atomic E-state index is 13.0. The number of oxazole rings is 1. The molecule has 6 aromatic rings. The zero-order valence-corrected chi connectivity index (χ0v) is 32.4. The van der Waals surface area contributed by atoms with Gasteiger partial charge < -0.3 is 36.3 Å². The summed E-state index contributed by atoms with van der Waals surface area (Å²) in [6.07, 6.45) is 12.3. The molecule has 6 N–H and O–H groups in total. The number of Topliss-reactive ketones (excluding diaryl/α,β-unsaturated/α-hetero) is 1. The Morgan fingerprint density at radius 2 is 1.45 bits per heavy atom. The lowest BCUT2D eigenvalue weighted by atomic mass is 10.1. The van der Waals surface area contributed by atoms with Gasteiger partial charge in [-0.15, -0.1) is 0 Å². The van der Waals surface area contributed by atoms with E-state index in [2.05, 4.69) is 49.6 Å². The first-order chi connectivity index (χ1) is 28.3. The van der Waals surface area contributed by atoms with Crippen molar-refractivity contribution in [3.8, 4) is 11.3 Å². The number of unbranched alkanes of at least 4 members (excludes halogenated alkanes) is 2. The van der Waals surface area contributed by atoms with Gasteiger partial charge in [0.05, 0.1) is 10.9 Å². The molecule has 0 unspecified atom stereocenters. The Hall–Kier alpha value is -6.34. The van der Waals surface area contributed by atoms with E-state index in [-0.39, 0.29) is 17.7 Å². The van der Waals surface area contributed by atoms with Crippen molar-refractivity contribution in [1.29, 1.82) is 0 Å². The fourth-order valence-corrected chi connectivity index (χ4v) is 7.53. The molecule has 0 atom stereocenters. The normalized spacial score (nSPS) is 15.2. The summed E-state index contributed by atoms with van der Waals surface area (Å²) in [5, 5.41) is 5.52. The Bertz CT molecular complexity index is 2350. The standard InChI is InChI=1S/C39H48N16O3/c40-20-26-21-43-38(44-22-26)54-17-15-52(16-18-54)32(57)6-4-9-51-11-13-53(14-12-51)39-45-23-28(24-46-39)30(56)5-2-1-3-10-55-36-33(35(41)47-25-48-36)34(50-55)27-7-8-31-29(19-27)49-37(42)58-31/h7-8,19,21-25H,1-6,9-18,20,40H2,(H2,42,49)(H2,41,47,48). The molecule has 19 heteroatoms. The molecule has 7 heterocycles. The second kappa shape index (κ2) is 17.4. The first-order valence-electron chi connectivity index (χ1n) is 19.8. The highest BCUT2D eigenvalue weighted by Gasteiger charge is 2.24. The number of aromatic nitrogens is 9. The topological polar surface area (TPSA) is 246 Å². The van der Waals surface area contributed by atoms with Crippen LogP contribution in [0.2, 0.25) is 0 Å². The van der Waals surface area contributed by atoms with Crippen molar-refractivity contribution in [1.82, 2.24) is 54.5 Å². The number of carbonyl (C=O) groups excluding carboxylic acids is 2. The van der Waals surface area contributed by atoms with Gasteiger partial charge in [-0.2, -0.15) is 10.1 Å². The molecule has 302 valence electrons. The Balaban J connectivity index is 0.736.